The predicted octanol–water partition coefficient (Wildman–Crippen LogP) is 4.55. The van der Waals surface area contributed by atoms with E-state index < -0.39 is 0 Å². The third-order valence-electron chi connectivity index (χ3n) is 3.44. The van der Waals surface area contributed by atoms with E-state index in [1.807, 2.05) is 44.2 Å². The number of H-pyrrole nitrogens is 1. The predicted molar refractivity (Wildman–Crippen MR) is 84.5 cm³/mol. The number of aromatic amines is 1. The van der Waals surface area contributed by atoms with E-state index in [0.717, 1.165) is 39.1 Å². The molecule has 0 aliphatic carbocycles. The van der Waals surface area contributed by atoms with Gasteiger partial charge in [-0.2, -0.15) is 5.10 Å². The zero-order valence-electron chi connectivity index (χ0n) is 11.9. The Labute approximate surface area is 128 Å². The van der Waals surface area contributed by atoms with E-state index in [-0.39, 0.29) is 0 Å². The largest absolute Gasteiger partial charge is 0.460 e. The maximum Gasteiger partial charge on any atom is 0.152 e. The Balaban J connectivity index is 1.80. The Bertz CT molecular complexity index is 760. The first-order chi connectivity index (χ1) is 10.1. The number of rotatable bonds is 4. The topological polar surface area (TPSA) is 53.9 Å². The van der Waals surface area contributed by atoms with Gasteiger partial charge in [-0.3, -0.25) is 5.10 Å². The summed E-state index contributed by atoms with van der Waals surface area (Å²) >= 11 is 6.13. The van der Waals surface area contributed by atoms with Gasteiger partial charge in [0.25, 0.3) is 0 Å². The molecule has 5 heteroatoms. The van der Waals surface area contributed by atoms with Gasteiger partial charge in [-0.25, -0.2) is 0 Å². The first kappa shape index (κ1) is 13.8. The van der Waals surface area contributed by atoms with Gasteiger partial charge in [0, 0.05) is 22.8 Å². The van der Waals surface area contributed by atoms with Gasteiger partial charge in [0.1, 0.15) is 11.5 Å². The van der Waals surface area contributed by atoms with Gasteiger partial charge in [-0.05, 0) is 43.7 Å². The molecule has 2 heterocycles. The highest BCUT2D eigenvalue weighted by molar-refractivity contribution is 6.31. The molecule has 108 valence electrons. The van der Waals surface area contributed by atoms with Crippen molar-refractivity contribution in [3.63, 3.8) is 0 Å². The molecule has 2 aromatic heterocycles. The van der Waals surface area contributed by atoms with E-state index in [1.165, 1.54) is 0 Å². The van der Waals surface area contributed by atoms with Gasteiger partial charge in [-0.15, -0.1) is 0 Å². The average Bonchev–Trinajstić information content (AvgIpc) is 3.09. The van der Waals surface area contributed by atoms with E-state index in [9.17, 15) is 0 Å². The summed E-state index contributed by atoms with van der Waals surface area (Å²) in [5, 5.41) is 11.2. The number of furan rings is 1. The molecular weight excluding hydrogens is 286 g/mol. The van der Waals surface area contributed by atoms with Gasteiger partial charge in [0.05, 0.1) is 6.20 Å². The minimum Gasteiger partial charge on any atom is -0.460 e. The van der Waals surface area contributed by atoms with Crippen molar-refractivity contribution in [3.05, 3.63) is 58.4 Å². The van der Waals surface area contributed by atoms with Crippen LogP contribution in [0.5, 0.6) is 0 Å². The highest BCUT2D eigenvalue weighted by atomic mass is 35.5. The second-order valence-corrected chi connectivity index (χ2v) is 5.35. The molecule has 0 spiro atoms. The van der Waals surface area contributed by atoms with Crippen LogP contribution < -0.4 is 5.32 Å². The molecular formula is C16H16ClN3O. The Kier molecular flexibility index (Phi) is 3.71. The normalized spacial score (nSPS) is 10.8. The number of hydrogen-bond donors (Lipinski definition) is 2. The Morgan fingerprint density at radius 2 is 2.10 bits per heavy atom. The standard InChI is InChI=1S/C16H16ClN3O/c1-10-6-7-15(21-10)16-12(9-19-20-16)8-18-14-5-3-4-13(17)11(14)2/h3-7,9,18H,8H2,1-2H3,(H,19,20). The Hall–Kier alpha value is -2.20. The molecule has 0 saturated carbocycles. The Morgan fingerprint density at radius 1 is 1.24 bits per heavy atom. The summed E-state index contributed by atoms with van der Waals surface area (Å²) in [6.45, 7) is 4.57. The number of aromatic nitrogens is 2. The first-order valence-electron chi connectivity index (χ1n) is 6.73. The molecule has 3 rings (SSSR count). The van der Waals surface area contributed by atoms with E-state index in [1.54, 1.807) is 6.20 Å². The van der Waals surface area contributed by atoms with Crippen LogP contribution in [0.4, 0.5) is 5.69 Å². The van der Waals surface area contributed by atoms with Crippen molar-refractivity contribution in [3.8, 4) is 11.5 Å². The molecule has 0 aliphatic heterocycles. The maximum atomic E-state index is 6.13. The van der Waals surface area contributed by atoms with Gasteiger partial charge >= 0.3 is 0 Å². The van der Waals surface area contributed by atoms with Crippen LogP contribution >= 0.6 is 11.6 Å². The SMILES string of the molecule is Cc1ccc(-c2[nH]ncc2CNc2cccc(Cl)c2C)o1. The molecule has 0 saturated heterocycles. The van der Waals surface area contributed by atoms with E-state index in [4.69, 9.17) is 16.0 Å². The van der Waals surface area contributed by atoms with Crippen molar-refractivity contribution in [1.29, 1.82) is 0 Å². The summed E-state index contributed by atoms with van der Waals surface area (Å²) in [4.78, 5) is 0. The summed E-state index contributed by atoms with van der Waals surface area (Å²) in [5.41, 5.74) is 4.00. The number of nitrogens with zero attached hydrogens (tertiary/aromatic N) is 1. The second-order valence-electron chi connectivity index (χ2n) is 4.95. The number of nitrogens with one attached hydrogen (secondary N) is 2. The van der Waals surface area contributed by atoms with Crippen molar-refractivity contribution in [1.82, 2.24) is 10.2 Å². The van der Waals surface area contributed by atoms with Crippen LogP contribution in [-0.2, 0) is 6.54 Å². The monoisotopic (exact) mass is 301 g/mol. The molecule has 3 aromatic rings. The fourth-order valence-corrected chi connectivity index (χ4v) is 2.39. The van der Waals surface area contributed by atoms with Gasteiger partial charge < -0.3 is 9.73 Å². The fraction of sp³-hybridized carbons (Fsp3) is 0.188. The van der Waals surface area contributed by atoms with Crippen LogP contribution in [0.2, 0.25) is 5.02 Å². The molecule has 0 radical (unpaired) electrons. The van der Waals surface area contributed by atoms with Crippen molar-refractivity contribution in [2.45, 2.75) is 20.4 Å². The minimum absolute atomic E-state index is 0.646. The number of hydrogen-bond acceptors (Lipinski definition) is 3. The second kappa shape index (κ2) is 5.66. The van der Waals surface area contributed by atoms with Crippen molar-refractivity contribution >= 4 is 17.3 Å². The summed E-state index contributed by atoms with van der Waals surface area (Å²) < 4.78 is 5.64. The smallest absolute Gasteiger partial charge is 0.152 e. The van der Waals surface area contributed by atoms with Crippen LogP contribution in [0.3, 0.4) is 0 Å². The summed E-state index contributed by atoms with van der Waals surface area (Å²) in [6.07, 6.45) is 1.81. The van der Waals surface area contributed by atoms with Gasteiger partial charge in [-0.1, -0.05) is 17.7 Å². The summed E-state index contributed by atoms with van der Waals surface area (Å²) in [7, 11) is 0. The zero-order valence-corrected chi connectivity index (χ0v) is 12.7. The average molecular weight is 302 g/mol. The third kappa shape index (κ3) is 2.81. The van der Waals surface area contributed by atoms with Crippen molar-refractivity contribution in [2.24, 2.45) is 0 Å². The molecule has 0 amide bonds. The lowest BCUT2D eigenvalue weighted by Crippen LogP contribution is -2.01. The van der Waals surface area contributed by atoms with Gasteiger partial charge in [0.15, 0.2) is 5.76 Å². The van der Waals surface area contributed by atoms with Crippen molar-refractivity contribution < 1.29 is 4.42 Å². The molecule has 21 heavy (non-hydrogen) atoms. The van der Waals surface area contributed by atoms with E-state index in [2.05, 4.69) is 15.5 Å². The maximum absolute atomic E-state index is 6.13. The Morgan fingerprint density at radius 3 is 2.86 bits per heavy atom. The molecule has 0 fully saturated rings. The lowest BCUT2D eigenvalue weighted by atomic mass is 10.1. The van der Waals surface area contributed by atoms with E-state index in [0.29, 0.717) is 6.54 Å². The lowest BCUT2D eigenvalue weighted by Gasteiger charge is -2.10. The molecule has 0 atom stereocenters. The molecule has 0 bridgehead atoms. The van der Waals surface area contributed by atoms with Crippen LogP contribution in [-0.4, -0.2) is 10.2 Å². The van der Waals surface area contributed by atoms with Crippen molar-refractivity contribution in [2.75, 3.05) is 5.32 Å². The highest BCUT2D eigenvalue weighted by Gasteiger charge is 2.11. The number of halogens is 1. The first-order valence-corrected chi connectivity index (χ1v) is 7.11. The molecule has 1 aromatic carbocycles. The van der Waals surface area contributed by atoms with Crippen LogP contribution in [0.15, 0.2) is 40.9 Å². The van der Waals surface area contributed by atoms with E-state index >= 15 is 0 Å². The van der Waals surface area contributed by atoms with Crippen LogP contribution in [0.1, 0.15) is 16.9 Å². The fourth-order valence-electron chi connectivity index (χ4n) is 2.22. The molecule has 0 unspecified atom stereocenters. The number of anilines is 1. The molecule has 0 aliphatic rings. The summed E-state index contributed by atoms with van der Waals surface area (Å²) in [6, 6.07) is 9.71. The number of benzene rings is 1. The highest BCUT2D eigenvalue weighted by Crippen LogP contribution is 2.26. The summed E-state index contributed by atoms with van der Waals surface area (Å²) in [5.74, 6) is 1.67. The molecule has 2 N–H and O–H groups in total. The van der Waals surface area contributed by atoms with Crippen LogP contribution in [0.25, 0.3) is 11.5 Å². The molecule has 4 nitrogen and oxygen atoms in total. The quantitative estimate of drug-likeness (QED) is 0.743. The lowest BCUT2D eigenvalue weighted by molar-refractivity contribution is 0.545. The number of aryl methyl sites for hydroxylation is 1. The van der Waals surface area contributed by atoms with Crippen LogP contribution in [0, 0.1) is 13.8 Å². The third-order valence-corrected chi connectivity index (χ3v) is 3.85. The minimum atomic E-state index is 0.646. The zero-order chi connectivity index (χ0) is 14.8. The van der Waals surface area contributed by atoms with Gasteiger partial charge in [0.2, 0.25) is 0 Å².